The number of nitrogens with one attached hydrogen (secondary N) is 2. The molecule has 0 saturated heterocycles. The van der Waals surface area contributed by atoms with Gasteiger partial charge in [0, 0.05) is 24.6 Å². The van der Waals surface area contributed by atoms with Crippen LogP contribution in [-0.2, 0) is 4.79 Å². The highest BCUT2D eigenvalue weighted by atomic mass is 16.1. The van der Waals surface area contributed by atoms with Crippen LogP contribution in [0.2, 0.25) is 0 Å². The number of hydrogen-bond donors (Lipinski definition) is 3. The Bertz CT molecular complexity index is 416. The van der Waals surface area contributed by atoms with Gasteiger partial charge in [-0.15, -0.1) is 0 Å². The molecule has 0 atom stereocenters. The molecule has 17 heavy (non-hydrogen) atoms. The summed E-state index contributed by atoms with van der Waals surface area (Å²) < 4.78 is 0. The molecular formula is C11H19N5O. The predicted molar refractivity (Wildman–Crippen MR) is 67.8 cm³/mol. The number of rotatable bonds is 5. The number of aromatic nitrogens is 2. The molecule has 0 aromatic carbocycles. The second-order valence-corrected chi connectivity index (χ2v) is 4.60. The maximum atomic E-state index is 11.0. The summed E-state index contributed by atoms with van der Waals surface area (Å²) in [6, 6.07) is 0. The molecule has 94 valence electrons. The zero-order valence-electron chi connectivity index (χ0n) is 10.7. The van der Waals surface area contributed by atoms with Crippen LogP contribution in [0.15, 0.2) is 6.33 Å². The highest BCUT2D eigenvalue weighted by Crippen LogP contribution is 2.22. The number of carbonyl (C=O) groups is 1. The summed E-state index contributed by atoms with van der Waals surface area (Å²) in [7, 11) is 1.80. The highest BCUT2D eigenvalue weighted by Gasteiger charge is 2.22. The lowest BCUT2D eigenvalue weighted by Crippen LogP contribution is -2.36. The van der Waals surface area contributed by atoms with Gasteiger partial charge in [0.2, 0.25) is 5.91 Å². The molecule has 0 aliphatic heterocycles. The van der Waals surface area contributed by atoms with E-state index in [2.05, 4.69) is 20.6 Å². The highest BCUT2D eigenvalue weighted by molar-refractivity contribution is 5.75. The Morgan fingerprint density at radius 1 is 1.41 bits per heavy atom. The van der Waals surface area contributed by atoms with Crippen molar-refractivity contribution in [3.63, 3.8) is 0 Å². The third-order valence-corrected chi connectivity index (χ3v) is 2.39. The van der Waals surface area contributed by atoms with Gasteiger partial charge in [-0.2, -0.15) is 0 Å². The van der Waals surface area contributed by atoms with Gasteiger partial charge in [-0.25, -0.2) is 9.97 Å². The number of amides is 1. The van der Waals surface area contributed by atoms with E-state index in [1.165, 1.54) is 6.33 Å². The molecule has 1 heterocycles. The third kappa shape index (κ3) is 3.58. The van der Waals surface area contributed by atoms with Crippen molar-refractivity contribution in [2.75, 3.05) is 17.7 Å². The van der Waals surface area contributed by atoms with Gasteiger partial charge in [0.1, 0.15) is 18.0 Å². The van der Waals surface area contributed by atoms with Gasteiger partial charge in [-0.05, 0) is 20.8 Å². The second kappa shape index (κ2) is 4.99. The van der Waals surface area contributed by atoms with Crippen LogP contribution in [0.5, 0.6) is 0 Å². The summed E-state index contributed by atoms with van der Waals surface area (Å²) in [5.41, 5.74) is 5.68. The summed E-state index contributed by atoms with van der Waals surface area (Å²) in [6.45, 7) is 5.71. The lowest BCUT2D eigenvalue weighted by atomic mass is 10.00. The molecule has 0 aliphatic rings. The Labute approximate surface area is 101 Å². The predicted octanol–water partition coefficient (Wildman–Crippen LogP) is 0.893. The van der Waals surface area contributed by atoms with Crippen LogP contribution in [0.3, 0.4) is 0 Å². The van der Waals surface area contributed by atoms with Crippen molar-refractivity contribution in [3.8, 4) is 0 Å². The Morgan fingerprint density at radius 3 is 2.53 bits per heavy atom. The van der Waals surface area contributed by atoms with Crippen molar-refractivity contribution >= 4 is 17.5 Å². The first-order chi connectivity index (χ1) is 7.85. The zero-order valence-corrected chi connectivity index (χ0v) is 10.7. The quantitative estimate of drug-likeness (QED) is 0.707. The van der Waals surface area contributed by atoms with Gasteiger partial charge in [0.05, 0.1) is 0 Å². The van der Waals surface area contributed by atoms with Crippen LogP contribution in [0.25, 0.3) is 0 Å². The lowest BCUT2D eigenvalue weighted by molar-refractivity contribution is -0.118. The van der Waals surface area contributed by atoms with Crippen molar-refractivity contribution in [2.45, 2.75) is 32.7 Å². The molecule has 1 aromatic rings. The normalized spacial score (nSPS) is 11.1. The largest absolute Gasteiger partial charge is 0.373 e. The van der Waals surface area contributed by atoms with Gasteiger partial charge in [0.15, 0.2) is 0 Å². The van der Waals surface area contributed by atoms with E-state index in [9.17, 15) is 4.79 Å². The molecule has 4 N–H and O–H groups in total. The molecule has 1 rings (SSSR count). The molecule has 0 aliphatic carbocycles. The van der Waals surface area contributed by atoms with E-state index < -0.39 is 5.54 Å². The van der Waals surface area contributed by atoms with E-state index >= 15 is 0 Å². The maximum absolute atomic E-state index is 11.0. The fourth-order valence-electron chi connectivity index (χ4n) is 1.63. The van der Waals surface area contributed by atoms with E-state index in [0.29, 0.717) is 5.82 Å². The molecule has 0 spiro atoms. The van der Waals surface area contributed by atoms with Gasteiger partial charge < -0.3 is 16.4 Å². The molecule has 0 bridgehead atoms. The van der Waals surface area contributed by atoms with Gasteiger partial charge in [0.25, 0.3) is 0 Å². The maximum Gasteiger partial charge on any atom is 0.219 e. The molecule has 6 heteroatoms. The number of carbonyl (C=O) groups excluding carboxylic acids is 1. The number of nitrogens with two attached hydrogens (primary N) is 1. The molecular weight excluding hydrogens is 218 g/mol. The number of primary amides is 1. The van der Waals surface area contributed by atoms with E-state index in [4.69, 9.17) is 5.73 Å². The second-order valence-electron chi connectivity index (χ2n) is 4.60. The molecule has 0 unspecified atom stereocenters. The molecule has 1 amide bonds. The fourth-order valence-corrected chi connectivity index (χ4v) is 1.63. The minimum Gasteiger partial charge on any atom is -0.373 e. The monoisotopic (exact) mass is 237 g/mol. The van der Waals surface area contributed by atoms with Gasteiger partial charge in [-0.1, -0.05) is 0 Å². The Hall–Kier alpha value is -1.85. The van der Waals surface area contributed by atoms with Crippen LogP contribution in [0.4, 0.5) is 11.6 Å². The van der Waals surface area contributed by atoms with Crippen LogP contribution in [0.1, 0.15) is 25.8 Å². The summed E-state index contributed by atoms with van der Waals surface area (Å²) in [4.78, 5) is 19.2. The summed E-state index contributed by atoms with van der Waals surface area (Å²) in [5, 5.41) is 6.18. The van der Waals surface area contributed by atoms with E-state index in [-0.39, 0.29) is 12.3 Å². The summed E-state index contributed by atoms with van der Waals surface area (Å²) >= 11 is 0. The van der Waals surface area contributed by atoms with E-state index in [0.717, 1.165) is 11.4 Å². The number of nitrogens with zero attached hydrogens (tertiary/aromatic N) is 2. The minimum atomic E-state index is -0.435. The summed E-state index contributed by atoms with van der Waals surface area (Å²) in [5.74, 6) is 1.12. The summed E-state index contributed by atoms with van der Waals surface area (Å²) in [6.07, 6.45) is 1.72. The van der Waals surface area contributed by atoms with Gasteiger partial charge >= 0.3 is 0 Å². The third-order valence-electron chi connectivity index (χ3n) is 2.39. The lowest BCUT2D eigenvalue weighted by Gasteiger charge is -2.26. The first kappa shape index (κ1) is 13.2. The number of hydrogen-bond acceptors (Lipinski definition) is 5. The fraction of sp³-hybridized carbons (Fsp3) is 0.545. The number of anilines is 2. The average Bonchev–Trinajstić information content (AvgIpc) is 2.19. The molecule has 6 nitrogen and oxygen atoms in total. The molecule has 1 aromatic heterocycles. The van der Waals surface area contributed by atoms with E-state index in [1.54, 1.807) is 7.05 Å². The van der Waals surface area contributed by atoms with Crippen LogP contribution in [0, 0.1) is 6.92 Å². The first-order valence-corrected chi connectivity index (χ1v) is 5.41. The van der Waals surface area contributed by atoms with Crippen molar-refractivity contribution in [3.05, 3.63) is 11.9 Å². The van der Waals surface area contributed by atoms with Crippen molar-refractivity contribution in [2.24, 2.45) is 5.73 Å². The van der Waals surface area contributed by atoms with Crippen molar-refractivity contribution < 1.29 is 4.79 Å². The zero-order chi connectivity index (χ0) is 13.1. The van der Waals surface area contributed by atoms with Crippen molar-refractivity contribution in [1.29, 1.82) is 0 Å². The minimum absolute atomic E-state index is 0.241. The molecule has 0 fully saturated rings. The average molecular weight is 237 g/mol. The molecule has 0 saturated carbocycles. The topological polar surface area (TPSA) is 92.9 Å². The van der Waals surface area contributed by atoms with Crippen LogP contribution < -0.4 is 16.4 Å². The van der Waals surface area contributed by atoms with Crippen LogP contribution in [-0.4, -0.2) is 28.5 Å². The Kier molecular flexibility index (Phi) is 3.88. The first-order valence-electron chi connectivity index (χ1n) is 5.41. The van der Waals surface area contributed by atoms with Crippen molar-refractivity contribution in [1.82, 2.24) is 9.97 Å². The standard InChI is InChI=1S/C11H19N5O/c1-7-9(13-4)14-6-15-10(7)16-11(2,3)5-8(12)17/h6H,5H2,1-4H3,(H2,12,17)(H2,13,14,15,16). The van der Waals surface area contributed by atoms with E-state index in [1.807, 2.05) is 20.8 Å². The Morgan fingerprint density at radius 2 is 2.00 bits per heavy atom. The van der Waals surface area contributed by atoms with Gasteiger partial charge in [-0.3, -0.25) is 4.79 Å². The smallest absolute Gasteiger partial charge is 0.219 e. The SMILES string of the molecule is CNc1ncnc(NC(C)(C)CC(N)=O)c1C. The Balaban J connectivity index is 2.91. The molecule has 0 radical (unpaired) electrons. The van der Waals surface area contributed by atoms with Crippen LogP contribution >= 0.6 is 0 Å².